The summed E-state index contributed by atoms with van der Waals surface area (Å²) in [6.45, 7) is 9.95. The molecule has 4 aliphatic rings. The van der Waals surface area contributed by atoms with Crippen LogP contribution in [-0.2, 0) is 4.74 Å². The SMILES string of the molecule is CC(C)N1CCN(c2ccc(C3=C4C(=O)c5c(NC(=O)NN(C)C6CCOCC6)cccc5C4N=N3)cc2)CC1. The van der Waals surface area contributed by atoms with Crippen LogP contribution >= 0.6 is 0 Å². The molecule has 3 aliphatic heterocycles. The Balaban J connectivity index is 1.18. The minimum Gasteiger partial charge on any atom is -0.381 e. The number of fused-ring (bicyclic) bond motifs is 3. The summed E-state index contributed by atoms with van der Waals surface area (Å²) < 4.78 is 5.42. The molecule has 2 aromatic carbocycles. The van der Waals surface area contributed by atoms with Crippen molar-refractivity contribution in [2.75, 3.05) is 56.7 Å². The van der Waals surface area contributed by atoms with E-state index in [1.54, 1.807) is 6.07 Å². The summed E-state index contributed by atoms with van der Waals surface area (Å²) in [6.07, 6.45) is 1.71. The molecule has 1 unspecified atom stereocenters. The molecule has 3 heterocycles. The maximum absolute atomic E-state index is 13.7. The van der Waals surface area contributed by atoms with Crippen LogP contribution in [0.2, 0.25) is 0 Å². The number of hydrazine groups is 1. The number of ether oxygens (including phenoxy) is 1. The van der Waals surface area contributed by atoms with Crippen LogP contribution in [0.3, 0.4) is 0 Å². The predicted molar refractivity (Wildman–Crippen MR) is 154 cm³/mol. The number of amides is 2. The third-order valence-corrected chi connectivity index (χ3v) is 8.48. The number of rotatable bonds is 6. The third kappa shape index (κ3) is 5.02. The predicted octanol–water partition coefficient (Wildman–Crippen LogP) is 4.48. The van der Waals surface area contributed by atoms with Crippen LogP contribution in [0.25, 0.3) is 5.70 Å². The van der Waals surface area contributed by atoms with Crippen LogP contribution in [0.15, 0.2) is 58.3 Å². The molecule has 1 aliphatic carbocycles. The summed E-state index contributed by atoms with van der Waals surface area (Å²) >= 11 is 0. The number of carbonyl (C=O) groups excluding carboxylic acids is 2. The standard InChI is InChI=1S/C30H37N7O3/c1-19(2)36-13-15-37(16-14-36)22-9-7-20(8-10-22)27-26-28(33-32-27)23-5-4-6-24(25(23)29(26)38)31-30(39)34-35(3)21-11-17-40-18-12-21/h4-10,19,21,28H,11-18H2,1-3H3,(H2,31,34,39). The van der Waals surface area contributed by atoms with Crippen molar-refractivity contribution >= 4 is 28.9 Å². The van der Waals surface area contributed by atoms with Crippen molar-refractivity contribution < 1.29 is 14.3 Å². The number of hydrogen-bond acceptors (Lipinski definition) is 8. The fourth-order valence-corrected chi connectivity index (χ4v) is 6.11. The van der Waals surface area contributed by atoms with Crippen LogP contribution in [0, 0.1) is 0 Å². The number of ketones is 1. The largest absolute Gasteiger partial charge is 0.381 e. The Morgan fingerprint density at radius 1 is 1.05 bits per heavy atom. The molecule has 2 fully saturated rings. The monoisotopic (exact) mass is 543 g/mol. The fourth-order valence-electron chi connectivity index (χ4n) is 6.11. The minimum atomic E-state index is -0.448. The first-order valence-electron chi connectivity index (χ1n) is 14.2. The van der Waals surface area contributed by atoms with Gasteiger partial charge in [0.1, 0.15) is 11.7 Å². The van der Waals surface area contributed by atoms with Crippen molar-refractivity contribution in [1.82, 2.24) is 15.3 Å². The van der Waals surface area contributed by atoms with Gasteiger partial charge in [0.05, 0.1) is 16.8 Å². The summed E-state index contributed by atoms with van der Waals surface area (Å²) in [5.74, 6) is -0.137. The van der Waals surface area contributed by atoms with Gasteiger partial charge in [0, 0.05) is 69.8 Å². The van der Waals surface area contributed by atoms with E-state index in [1.807, 2.05) is 36.3 Å². The van der Waals surface area contributed by atoms with E-state index in [-0.39, 0.29) is 17.9 Å². The number of piperazine rings is 1. The van der Waals surface area contributed by atoms with Gasteiger partial charge in [-0.3, -0.25) is 15.1 Å². The second-order valence-corrected chi connectivity index (χ2v) is 11.2. The molecule has 0 radical (unpaired) electrons. The van der Waals surface area contributed by atoms with Gasteiger partial charge >= 0.3 is 6.03 Å². The molecule has 0 saturated carbocycles. The highest BCUT2D eigenvalue weighted by Gasteiger charge is 2.42. The van der Waals surface area contributed by atoms with Gasteiger partial charge < -0.3 is 15.0 Å². The fraction of sp³-hybridized carbons (Fsp3) is 0.467. The van der Waals surface area contributed by atoms with E-state index in [1.165, 1.54) is 5.69 Å². The van der Waals surface area contributed by atoms with Crippen molar-refractivity contribution in [3.63, 3.8) is 0 Å². The van der Waals surface area contributed by atoms with E-state index in [9.17, 15) is 9.59 Å². The lowest BCUT2D eigenvalue weighted by Crippen LogP contribution is -2.49. The lowest BCUT2D eigenvalue weighted by atomic mass is 10.0. The molecule has 0 spiro atoms. The zero-order valence-corrected chi connectivity index (χ0v) is 23.4. The van der Waals surface area contributed by atoms with Gasteiger partial charge in [-0.05, 0) is 50.5 Å². The van der Waals surface area contributed by atoms with Crippen molar-refractivity contribution in [1.29, 1.82) is 0 Å². The van der Waals surface area contributed by atoms with Crippen molar-refractivity contribution in [2.24, 2.45) is 10.2 Å². The number of benzene rings is 2. The highest BCUT2D eigenvalue weighted by atomic mass is 16.5. The lowest BCUT2D eigenvalue weighted by Gasteiger charge is -2.38. The summed E-state index contributed by atoms with van der Waals surface area (Å²) in [4.78, 5) is 31.5. The molecule has 40 heavy (non-hydrogen) atoms. The number of anilines is 2. The second-order valence-electron chi connectivity index (χ2n) is 11.2. The molecule has 2 saturated heterocycles. The van der Waals surface area contributed by atoms with Crippen molar-refractivity contribution in [3.8, 4) is 0 Å². The molecule has 6 rings (SSSR count). The van der Waals surface area contributed by atoms with Gasteiger partial charge in [-0.1, -0.05) is 24.3 Å². The smallest absolute Gasteiger partial charge is 0.333 e. The molecule has 210 valence electrons. The highest BCUT2D eigenvalue weighted by molar-refractivity contribution is 6.22. The maximum Gasteiger partial charge on any atom is 0.333 e. The molecular formula is C30H37N7O3. The Bertz CT molecular complexity index is 1340. The maximum atomic E-state index is 13.7. The zero-order valence-electron chi connectivity index (χ0n) is 23.4. The molecule has 1 atom stereocenters. The van der Waals surface area contributed by atoms with E-state index in [2.05, 4.69) is 56.8 Å². The van der Waals surface area contributed by atoms with Gasteiger partial charge in [-0.15, -0.1) is 0 Å². The first-order valence-corrected chi connectivity index (χ1v) is 14.2. The van der Waals surface area contributed by atoms with E-state index in [0.717, 1.165) is 50.1 Å². The van der Waals surface area contributed by atoms with Crippen LogP contribution in [0.4, 0.5) is 16.2 Å². The Hall–Kier alpha value is -3.60. The van der Waals surface area contributed by atoms with E-state index < -0.39 is 6.04 Å². The van der Waals surface area contributed by atoms with Crippen LogP contribution in [-0.4, -0.2) is 80.2 Å². The van der Waals surface area contributed by atoms with Gasteiger partial charge in [-0.2, -0.15) is 10.2 Å². The van der Waals surface area contributed by atoms with E-state index in [4.69, 9.17) is 4.74 Å². The second kappa shape index (κ2) is 11.1. The number of hydrogen-bond donors (Lipinski definition) is 2. The Morgan fingerprint density at radius 2 is 1.77 bits per heavy atom. The quantitative estimate of drug-likeness (QED) is 0.521. The molecule has 10 heteroatoms. The highest BCUT2D eigenvalue weighted by Crippen LogP contribution is 2.49. The van der Waals surface area contributed by atoms with Crippen LogP contribution in [0.1, 0.15) is 54.2 Å². The molecule has 0 aromatic heterocycles. The average Bonchev–Trinajstić information content (AvgIpc) is 3.53. The van der Waals surface area contributed by atoms with Crippen molar-refractivity contribution in [3.05, 3.63) is 64.7 Å². The van der Waals surface area contributed by atoms with Crippen LogP contribution < -0.4 is 15.6 Å². The normalized spacial score (nSPS) is 21.4. The van der Waals surface area contributed by atoms with Crippen LogP contribution in [0.5, 0.6) is 0 Å². The number of carbonyl (C=O) groups is 2. The van der Waals surface area contributed by atoms with E-state index >= 15 is 0 Å². The Kier molecular flexibility index (Phi) is 7.39. The first-order chi connectivity index (χ1) is 19.4. The number of urea groups is 1. The van der Waals surface area contributed by atoms with E-state index in [0.29, 0.717) is 41.8 Å². The summed E-state index contributed by atoms with van der Waals surface area (Å²) in [7, 11) is 1.86. The molecule has 0 bridgehead atoms. The summed E-state index contributed by atoms with van der Waals surface area (Å²) in [5.41, 5.74) is 7.85. The minimum absolute atomic E-state index is 0.137. The summed E-state index contributed by atoms with van der Waals surface area (Å²) in [6, 6.07) is 13.7. The number of nitrogens with one attached hydrogen (secondary N) is 2. The number of azo groups is 1. The first kappa shape index (κ1) is 26.6. The number of Topliss-reactive ketones (excluding diaryl/α,β-unsaturated/α-hetero) is 1. The molecule has 2 N–H and O–H groups in total. The number of nitrogens with zero attached hydrogens (tertiary/aromatic N) is 5. The van der Waals surface area contributed by atoms with Gasteiger partial charge in [-0.25, -0.2) is 9.80 Å². The molecular weight excluding hydrogens is 506 g/mol. The Morgan fingerprint density at radius 3 is 2.48 bits per heavy atom. The van der Waals surface area contributed by atoms with Gasteiger partial charge in [0.25, 0.3) is 0 Å². The average molecular weight is 544 g/mol. The Labute approximate surface area is 235 Å². The van der Waals surface area contributed by atoms with Gasteiger partial charge in [0.15, 0.2) is 5.78 Å². The molecule has 2 aromatic rings. The van der Waals surface area contributed by atoms with Gasteiger partial charge in [0.2, 0.25) is 0 Å². The zero-order chi connectivity index (χ0) is 27.8. The topological polar surface area (TPSA) is 102 Å². The molecule has 10 nitrogen and oxygen atoms in total. The summed E-state index contributed by atoms with van der Waals surface area (Å²) in [5, 5.41) is 13.6. The third-order valence-electron chi connectivity index (χ3n) is 8.48. The molecule has 2 amide bonds. The van der Waals surface area contributed by atoms with Crippen molar-refractivity contribution in [2.45, 2.75) is 44.8 Å². The lowest BCUT2D eigenvalue weighted by molar-refractivity contribution is 0.0312.